The molecule has 0 unspecified atom stereocenters. The fourth-order valence-electron chi connectivity index (χ4n) is 2.45. The van der Waals surface area contributed by atoms with Gasteiger partial charge in [-0.25, -0.2) is 8.42 Å². The Morgan fingerprint density at radius 2 is 1.95 bits per heavy atom. The quantitative estimate of drug-likeness (QED) is 0.863. The molecule has 3 rings (SSSR count). The van der Waals surface area contributed by atoms with Crippen molar-refractivity contribution < 1.29 is 13.2 Å². The summed E-state index contributed by atoms with van der Waals surface area (Å²) < 4.78 is 32.6. The monoisotopic (exact) mass is 304 g/mol. The molecule has 110 valence electrons. The number of para-hydroxylation sites is 2. The van der Waals surface area contributed by atoms with Crippen LogP contribution in [0.2, 0.25) is 0 Å². The SMILES string of the molecule is Cc1cc(N)cc(S(=O)(=O)N2CCOc3ccccc32)c1. The van der Waals surface area contributed by atoms with Gasteiger partial charge >= 0.3 is 0 Å². The Hall–Kier alpha value is -2.21. The first-order valence-electron chi connectivity index (χ1n) is 6.60. The molecule has 0 saturated carbocycles. The molecular formula is C15H16N2O3S. The van der Waals surface area contributed by atoms with Crippen molar-refractivity contribution in [2.75, 3.05) is 23.2 Å². The third-order valence-electron chi connectivity index (χ3n) is 3.35. The number of nitrogens with two attached hydrogens (primary N) is 1. The molecule has 2 aromatic carbocycles. The van der Waals surface area contributed by atoms with Gasteiger partial charge in [0.15, 0.2) is 0 Å². The van der Waals surface area contributed by atoms with Gasteiger partial charge in [-0.2, -0.15) is 0 Å². The Labute approximate surface area is 124 Å². The molecule has 0 atom stereocenters. The Morgan fingerprint density at radius 1 is 1.19 bits per heavy atom. The minimum atomic E-state index is -3.65. The summed E-state index contributed by atoms with van der Waals surface area (Å²) in [6, 6.07) is 12.0. The molecule has 0 spiro atoms. The molecule has 1 heterocycles. The summed E-state index contributed by atoms with van der Waals surface area (Å²) in [5.74, 6) is 0.577. The minimum Gasteiger partial charge on any atom is -0.489 e. The predicted octanol–water partition coefficient (Wildman–Crippen LogP) is 2.16. The van der Waals surface area contributed by atoms with Gasteiger partial charge in [0.2, 0.25) is 0 Å². The standard InChI is InChI=1S/C15H16N2O3S/c1-11-8-12(16)10-13(9-11)21(18,19)17-6-7-20-15-5-3-2-4-14(15)17/h2-5,8-10H,6-7,16H2,1H3. The highest BCUT2D eigenvalue weighted by Crippen LogP contribution is 2.35. The highest BCUT2D eigenvalue weighted by atomic mass is 32.2. The highest BCUT2D eigenvalue weighted by molar-refractivity contribution is 7.92. The third kappa shape index (κ3) is 2.42. The molecule has 0 bridgehead atoms. The lowest BCUT2D eigenvalue weighted by Gasteiger charge is -2.30. The summed E-state index contributed by atoms with van der Waals surface area (Å²) in [4.78, 5) is 0.205. The van der Waals surface area contributed by atoms with E-state index in [0.717, 1.165) is 5.56 Å². The Bertz CT molecular complexity index is 767. The van der Waals surface area contributed by atoms with E-state index in [9.17, 15) is 8.42 Å². The molecule has 6 heteroatoms. The number of hydrogen-bond acceptors (Lipinski definition) is 4. The van der Waals surface area contributed by atoms with E-state index in [1.165, 1.54) is 10.4 Å². The van der Waals surface area contributed by atoms with Crippen LogP contribution in [-0.2, 0) is 10.0 Å². The number of sulfonamides is 1. The summed E-state index contributed by atoms with van der Waals surface area (Å²) in [7, 11) is -3.65. The van der Waals surface area contributed by atoms with E-state index in [0.29, 0.717) is 23.7 Å². The molecule has 21 heavy (non-hydrogen) atoms. The van der Waals surface area contributed by atoms with Crippen molar-refractivity contribution in [2.45, 2.75) is 11.8 Å². The van der Waals surface area contributed by atoms with E-state index in [1.54, 1.807) is 30.3 Å². The average molecular weight is 304 g/mol. The van der Waals surface area contributed by atoms with Gasteiger partial charge in [0.1, 0.15) is 12.4 Å². The number of aryl methyl sites for hydroxylation is 1. The summed E-state index contributed by atoms with van der Waals surface area (Å²) in [5, 5.41) is 0. The number of benzene rings is 2. The van der Waals surface area contributed by atoms with Crippen LogP contribution < -0.4 is 14.8 Å². The van der Waals surface area contributed by atoms with Gasteiger partial charge in [0, 0.05) is 5.69 Å². The second-order valence-electron chi connectivity index (χ2n) is 4.97. The van der Waals surface area contributed by atoms with Gasteiger partial charge in [-0.05, 0) is 42.8 Å². The number of ether oxygens (including phenoxy) is 1. The first-order chi connectivity index (χ1) is 9.98. The van der Waals surface area contributed by atoms with Crippen LogP contribution in [-0.4, -0.2) is 21.6 Å². The van der Waals surface area contributed by atoms with Gasteiger partial charge < -0.3 is 10.5 Å². The Kier molecular flexibility index (Phi) is 3.25. The van der Waals surface area contributed by atoms with Crippen LogP contribution >= 0.6 is 0 Å². The van der Waals surface area contributed by atoms with Crippen molar-refractivity contribution in [1.82, 2.24) is 0 Å². The van der Waals surface area contributed by atoms with E-state index < -0.39 is 10.0 Å². The second kappa shape index (κ2) is 4.96. The lowest BCUT2D eigenvalue weighted by molar-refractivity contribution is 0.316. The fraction of sp³-hybridized carbons (Fsp3) is 0.200. The zero-order valence-corrected chi connectivity index (χ0v) is 12.4. The molecule has 0 radical (unpaired) electrons. The van der Waals surface area contributed by atoms with Crippen LogP contribution in [0.25, 0.3) is 0 Å². The normalized spacial score (nSPS) is 14.4. The summed E-state index contributed by atoms with van der Waals surface area (Å²) in [6.07, 6.45) is 0. The molecule has 5 nitrogen and oxygen atoms in total. The molecule has 1 aliphatic rings. The number of nitrogens with zero attached hydrogens (tertiary/aromatic N) is 1. The highest BCUT2D eigenvalue weighted by Gasteiger charge is 2.30. The van der Waals surface area contributed by atoms with Gasteiger partial charge in [-0.15, -0.1) is 0 Å². The largest absolute Gasteiger partial charge is 0.489 e. The summed E-state index contributed by atoms with van der Waals surface area (Å²) in [6.45, 7) is 2.44. The molecule has 1 aliphatic heterocycles. The molecule has 2 N–H and O–H groups in total. The van der Waals surface area contributed by atoms with Crippen molar-refractivity contribution in [1.29, 1.82) is 0 Å². The molecule has 0 fully saturated rings. The van der Waals surface area contributed by atoms with Crippen LogP contribution in [0, 0.1) is 6.92 Å². The number of anilines is 2. The van der Waals surface area contributed by atoms with Crippen molar-refractivity contribution in [2.24, 2.45) is 0 Å². The smallest absolute Gasteiger partial charge is 0.264 e. The first-order valence-corrected chi connectivity index (χ1v) is 8.04. The van der Waals surface area contributed by atoms with Crippen LogP contribution in [0.3, 0.4) is 0 Å². The van der Waals surface area contributed by atoms with E-state index >= 15 is 0 Å². The number of nitrogen functional groups attached to an aromatic ring is 1. The zero-order chi connectivity index (χ0) is 15.0. The Morgan fingerprint density at radius 3 is 2.71 bits per heavy atom. The van der Waals surface area contributed by atoms with Crippen LogP contribution in [0.4, 0.5) is 11.4 Å². The minimum absolute atomic E-state index is 0.205. The molecule has 0 amide bonds. The maximum Gasteiger partial charge on any atom is 0.264 e. The third-order valence-corrected chi connectivity index (χ3v) is 5.14. The lowest BCUT2D eigenvalue weighted by Crippen LogP contribution is -2.37. The van der Waals surface area contributed by atoms with Crippen LogP contribution in [0.1, 0.15) is 5.56 Å². The summed E-state index contributed by atoms with van der Waals surface area (Å²) >= 11 is 0. The van der Waals surface area contributed by atoms with E-state index in [-0.39, 0.29) is 11.4 Å². The summed E-state index contributed by atoms with van der Waals surface area (Å²) in [5.41, 5.74) is 7.59. The zero-order valence-electron chi connectivity index (χ0n) is 11.6. The molecule has 0 saturated heterocycles. The topological polar surface area (TPSA) is 72.6 Å². The second-order valence-corrected chi connectivity index (χ2v) is 6.84. The lowest BCUT2D eigenvalue weighted by atomic mass is 10.2. The molecule has 0 aromatic heterocycles. The van der Waals surface area contributed by atoms with Gasteiger partial charge in [-0.1, -0.05) is 12.1 Å². The van der Waals surface area contributed by atoms with Crippen molar-refractivity contribution >= 4 is 21.4 Å². The fourth-order valence-corrected chi connectivity index (χ4v) is 4.05. The predicted molar refractivity (Wildman–Crippen MR) is 82.1 cm³/mol. The number of fused-ring (bicyclic) bond motifs is 1. The van der Waals surface area contributed by atoms with Crippen LogP contribution in [0.15, 0.2) is 47.4 Å². The van der Waals surface area contributed by atoms with Crippen molar-refractivity contribution in [3.63, 3.8) is 0 Å². The molecule has 2 aromatic rings. The maximum atomic E-state index is 12.9. The first kappa shape index (κ1) is 13.8. The van der Waals surface area contributed by atoms with Crippen molar-refractivity contribution in [3.05, 3.63) is 48.0 Å². The Balaban J connectivity index is 2.11. The van der Waals surface area contributed by atoms with E-state index in [1.807, 2.05) is 13.0 Å². The van der Waals surface area contributed by atoms with E-state index in [2.05, 4.69) is 0 Å². The molecular weight excluding hydrogens is 288 g/mol. The van der Waals surface area contributed by atoms with Gasteiger partial charge in [0.25, 0.3) is 10.0 Å². The number of rotatable bonds is 2. The van der Waals surface area contributed by atoms with Crippen LogP contribution in [0.5, 0.6) is 5.75 Å². The van der Waals surface area contributed by atoms with Gasteiger partial charge in [-0.3, -0.25) is 4.31 Å². The average Bonchev–Trinajstić information content (AvgIpc) is 2.45. The van der Waals surface area contributed by atoms with Crippen molar-refractivity contribution in [3.8, 4) is 5.75 Å². The van der Waals surface area contributed by atoms with E-state index in [4.69, 9.17) is 10.5 Å². The van der Waals surface area contributed by atoms with Gasteiger partial charge in [0.05, 0.1) is 17.1 Å². The molecule has 0 aliphatic carbocycles. The number of hydrogen-bond donors (Lipinski definition) is 1. The maximum absolute atomic E-state index is 12.9.